The number of carboxylic acid groups (broad SMARTS) is 1. The first-order chi connectivity index (χ1) is 16.7. The summed E-state index contributed by atoms with van der Waals surface area (Å²) in [5.41, 5.74) is 1.69. The maximum Gasteiger partial charge on any atom is 0.337 e. The quantitative estimate of drug-likeness (QED) is 0.451. The maximum atomic E-state index is 13.1. The lowest BCUT2D eigenvalue weighted by molar-refractivity contribution is 0.0696. The Bertz CT molecular complexity index is 1320. The normalized spacial score (nSPS) is 14.5. The van der Waals surface area contributed by atoms with Crippen LogP contribution in [0.2, 0.25) is 0 Å². The number of carbonyl (C=O) groups is 2. The highest BCUT2D eigenvalue weighted by molar-refractivity contribution is 7.92. The Morgan fingerprint density at radius 3 is 2.29 bits per heavy atom. The average Bonchev–Trinajstić information content (AvgIpc) is 2.85. The third-order valence-electron chi connectivity index (χ3n) is 6.21. The molecule has 9 heteroatoms. The number of aromatic nitrogens is 1. The van der Waals surface area contributed by atoms with Crippen LogP contribution in [-0.4, -0.2) is 43.4 Å². The number of anilines is 2. The number of sulfonamides is 1. The molecule has 0 saturated carbocycles. The van der Waals surface area contributed by atoms with Gasteiger partial charge in [0.2, 0.25) is 0 Å². The number of Topliss-reactive ketones (excluding diaryl/α,β-unsaturated/α-hetero) is 1. The Kier molecular flexibility index (Phi) is 7.16. The largest absolute Gasteiger partial charge is 0.478 e. The number of pyridine rings is 1. The van der Waals surface area contributed by atoms with Gasteiger partial charge in [0, 0.05) is 24.8 Å². The molecule has 1 aromatic heterocycles. The van der Waals surface area contributed by atoms with Gasteiger partial charge in [-0.1, -0.05) is 42.5 Å². The molecule has 0 atom stereocenters. The Hall–Kier alpha value is -3.72. The summed E-state index contributed by atoms with van der Waals surface area (Å²) in [5.74, 6) is -0.459. The predicted molar refractivity (Wildman–Crippen MR) is 134 cm³/mol. The number of benzene rings is 2. The SMILES string of the molecule is CC(=O)c1ccc(S(=O)(=O)Nc2cc(C(=O)O)cnc2N2CCC(Cc3ccccc3)CC2)cc1. The highest BCUT2D eigenvalue weighted by Crippen LogP contribution is 2.31. The lowest BCUT2D eigenvalue weighted by Gasteiger charge is -2.34. The van der Waals surface area contributed by atoms with E-state index in [4.69, 9.17) is 0 Å². The van der Waals surface area contributed by atoms with Crippen molar-refractivity contribution < 1.29 is 23.1 Å². The minimum Gasteiger partial charge on any atom is -0.478 e. The zero-order valence-corrected chi connectivity index (χ0v) is 20.2. The third kappa shape index (κ3) is 5.86. The fourth-order valence-corrected chi connectivity index (χ4v) is 5.32. The van der Waals surface area contributed by atoms with Crippen LogP contribution in [0.15, 0.2) is 71.8 Å². The van der Waals surface area contributed by atoms with Crippen molar-refractivity contribution in [2.45, 2.75) is 31.1 Å². The molecule has 0 radical (unpaired) electrons. The van der Waals surface area contributed by atoms with Crippen molar-refractivity contribution in [1.82, 2.24) is 4.98 Å². The van der Waals surface area contributed by atoms with E-state index in [9.17, 15) is 23.1 Å². The lowest BCUT2D eigenvalue weighted by Crippen LogP contribution is -2.35. The molecule has 2 N–H and O–H groups in total. The molecule has 0 bridgehead atoms. The van der Waals surface area contributed by atoms with Gasteiger partial charge in [-0.05, 0) is 55.9 Å². The van der Waals surface area contributed by atoms with Gasteiger partial charge in [0.1, 0.15) is 0 Å². The van der Waals surface area contributed by atoms with Gasteiger partial charge >= 0.3 is 5.97 Å². The Balaban J connectivity index is 1.55. The van der Waals surface area contributed by atoms with E-state index >= 15 is 0 Å². The first-order valence-electron chi connectivity index (χ1n) is 11.4. The number of ketones is 1. The number of rotatable bonds is 8. The molecule has 1 aliphatic heterocycles. The molecule has 1 fully saturated rings. The summed E-state index contributed by atoms with van der Waals surface area (Å²) in [5, 5.41) is 9.42. The summed E-state index contributed by atoms with van der Waals surface area (Å²) in [4.78, 5) is 29.3. The molecule has 0 aliphatic carbocycles. The first kappa shape index (κ1) is 24.4. The van der Waals surface area contributed by atoms with Gasteiger partial charge in [-0.15, -0.1) is 0 Å². The van der Waals surface area contributed by atoms with E-state index in [1.54, 1.807) is 0 Å². The monoisotopic (exact) mass is 493 g/mol. The molecule has 0 amide bonds. The van der Waals surface area contributed by atoms with Crippen LogP contribution in [-0.2, 0) is 16.4 Å². The number of piperidine rings is 1. The molecule has 3 aromatic rings. The first-order valence-corrected chi connectivity index (χ1v) is 12.9. The van der Waals surface area contributed by atoms with Crippen molar-refractivity contribution >= 4 is 33.3 Å². The number of hydrogen-bond acceptors (Lipinski definition) is 6. The highest BCUT2D eigenvalue weighted by atomic mass is 32.2. The molecule has 1 saturated heterocycles. The van der Waals surface area contributed by atoms with Crippen LogP contribution in [0.5, 0.6) is 0 Å². The second-order valence-corrected chi connectivity index (χ2v) is 10.4. The summed E-state index contributed by atoms with van der Waals surface area (Å²) in [6.07, 6.45) is 4.05. The van der Waals surface area contributed by atoms with Crippen LogP contribution in [0.1, 0.15) is 46.0 Å². The van der Waals surface area contributed by atoms with Crippen LogP contribution < -0.4 is 9.62 Å². The van der Waals surface area contributed by atoms with Crippen molar-refractivity contribution in [1.29, 1.82) is 0 Å². The zero-order chi connectivity index (χ0) is 25.0. The van der Waals surface area contributed by atoms with Gasteiger partial charge in [-0.2, -0.15) is 0 Å². The van der Waals surface area contributed by atoms with E-state index in [0.717, 1.165) is 19.3 Å². The standard InChI is InChI=1S/C26H27N3O5S/c1-18(30)21-7-9-23(10-8-21)35(33,34)28-24-16-22(26(31)32)17-27-25(24)29-13-11-20(12-14-29)15-19-5-3-2-4-6-19/h2-10,16-17,20,28H,11-15H2,1H3,(H,31,32). The highest BCUT2D eigenvalue weighted by Gasteiger charge is 2.25. The van der Waals surface area contributed by atoms with E-state index in [1.165, 1.54) is 49.0 Å². The number of carboxylic acids is 1. The van der Waals surface area contributed by atoms with Crippen molar-refractivity contribution in [2.24, 2.45) is 5.92 Å². The number of nitrogens with one attached hydrogen (secondary N) is 1. The van der Waals surface area contributed by atoms with Gasteiger partial charge in [-0.25, -0.2) is 18.2 Å². The third-order valence-corrected chi connectivity index (χ3v) is 7.59. The van der Waals surface area contributed by atoms with E-state index < -0.39 is 16.0 Å². The summed E-state index contributed by atoms with van der Waals surface area (Å²) >= 11 is 0. The minimum atomic E-state index is -4.03. The van der Waals surface area contributed by atoms with E-state index in [-0.39, 0.29) is 21.9 Å². The van der Waals surface area contributed by atoms with Crippen LogP contribution >= 0.6 is 0 Å². The molecule has 35 heavy (non-hydrogen) atoms. The van der Waals surface area contributed by atoms with Crippen molar-refractivity contribution in [2.75, 3.05) is 22.7 Å². The molecule has 8 nitrogen and oxygen atoms in total. The van der Waals surface area contributed by atoms with Gasteiger partial charge in [-0.3, -0.25) is 9.52 Å². The molecular formula is C26H27N3O5S. The smallest absolute Gasteiger partial charge is 0.337 e. The van der Waals surface area contributed by atoms with E-state index in [0.29, 0.717) is 30.4 Å². The summed E-state index contributed by atoms with van der Waals surface area (Å²) in [6.45, 7) is 2.76. The average molecular weight is 494 g/mol. The van der Waals surface area contributed by atoms with Gasteiger partial charge in [0.15, 0.2) is 11.6 Å². The molecule has 0 unspecified atom stereocenters. The van der Waals surface area contributed by atoms with Crippen LogP contribution in [0.4, 0.5) is 11.5 Å². The summed E-state index contributed by atoms with van der Waals surface area (Å²) in [7, 11) is -4.03. The fraction of sp³-hybridized carbons (Fsp3) is 0.269. The van der Waals surface area contributed by atoms with Gasteiger partial charge in [0.25, 0.3) is 10.0 Å². The number of hydrogen-bond donors (Lipinski definition) is 2. The predicted octanol–water partition coefficient (Wildman–Crippen LogP) is 4.24. The maximum absolute atomic E-state index is 13.1. The number of carbonyl (C=O) groups excluding carboxylic acids is 1. The molecule has 182 valence electrons. The summed E-state index contributed by atoms with van der Waals surface area (Å²) < 4.78 is 28.6. The topological polar surface area (TPSA) is 117 Å². The zero-order valence-electron chi connectivity index (χ0n) is 19.3. The minimum absolute atomic E-state index is 0.0317. The molecule has 1 aliphatic rings. The Labute approximate surface area is 204 Å². The lowest BCUT2D eigenvalue weighted by atomic mass is 9.90. The molecular weight excluding hydrogens is 466 g/mol. The molecule has 0 spiro atoms. The number of aromatic carboxylic acids is 1. The second-order valence-electron chi connectivity index (χ2n) is 8.71. The van der Waals surface area contributed by atoms with E-state index in [1.807, 2.05) is 23.1 Å². The summed E-state index contributed by atoms with van der Waals surface area (Å²) in [6, 6.07) is 17.2. The molecule has 4 rings (SSSR count). The van der Waals surface area contributed by atoms with Gasteiger partial charge in [0.05, 0.1) is 16.1 Å². The van der Waals surface area contributed by atoms with Crippen LogP contribution in [0, 0.1) is 5.92 Å². The molecule has 2 aromatic carbocycles. The fourth-order valence-electron chi connectivity index (χ4n) is 4.27. The Morgan fingerprint density at radius 1 is 1.03 bits per heavy atom. The van der Waals surface area contributed by atoms with Crippen LogP contribution in [0.25, 0.3) is 0 Å². The van der Waals surface area contributed by atoms with E-state index in [2.05, 4.69) is 21.8 Å². The van der Waals surface area contributed by atoms with Crippen LogP contribution in [0.3, 0.4) is 0 Å². The second kappa shape index (κ2) is 10.3. The van der Waals surface area contributed by atoms with Crippen molar-refractivity contribution in [3.63, 3.8) is 0 Å². The Morgan fingerprint density at radius 2 is 1.69 bits per heavy atom. The van der Waals surface area contributed by atoms with Crippen molar-refractivity contribution in [3.05, 3.63) is 83.6 Å². The number of nitrogens with zero attached hydrogens (tertiary/aromatic N) is 2. The molecule has 2 heterocycles. The van der Waals surface area contributed by atoms with Gasteiger partial charge < -0.3 is 10.0 Å². The van der Waals surface area contributed by atoms with Crippen molar-refractivity contribution in [3.8, 4) is 0 Å².